The molecule has 2 fully saturated rings. The fourth-order valence-corrected chi connectivity index (χ4v) is 6.36. The van der Waals surface area contributed by atoms with E-state index < -0.39 is 21.7 Å². The zero-order valence-corrected chi connectivity index (χ0v) is 19.5. The lowest BCUT2D eigenvalue weighted by molar-refractivity contribution is 0.0948. The number of rotatable bonds is 6. The number of halogens is 2. The number of hydrogen-bond donors (Lipinski definition) is 1. The second kappa shape index (κ2) is 9.77. The van der Waals surface area contributed by atoms with Crippen LogP contribution in [0, 0.1) is 17.6 Å². The molecule has 2 unspecified atom stereocenters. The van der Waals surface area contributed by atoms with Crippen molar-refractivity contribution < 1.29 is 22.0 Å². The van der Waals surface area contributed by atoms with Crippen LogP contribution in [0.3, 0.4) is 0 Å². The molecule has 2 aliphatic rings. The van der Waals surface area contributed by atoms with Gasteiger partial charge in [-0.05, 0) is 62.4 Å². The van der Waals surface area contributed by atoms with Crippen molar-refractivity contribution in [2.75, 3.05) is 31.1 Å². The van der Waals surface area contributed by atoms with E-state index in [2.05, 4.69) is 5.32 Å². The summed E-state index contributed by atoms with van der Waals surface area (Å²) in [5.74, 6) is -1.92. The topological polar surface area (TPSA) is 69.7 Å². The van der Waals surface area contributed by atoms with Crippen LogP contribution in [0.2, 0.25) is 0 Å². The van der Waals surface area contributed by atoms with E-state index in [-0.39, 0.29) is 22.8 Å². The summed E-state index contributed by atoms with van der Waals surface area (Å²) in [6.07, 6.45) is 3.50. The minimum absolute atomic E-state index is 0.0545. The Bertz CT molecular complexity index is 1130. The van der Waals surface area contributed by atoms with Gasteiger partial charge in [-0.3, -0.25) is 4.79 Å². The van der Waals surface area contributed by atoms with Crippen LogP contribution >= 0.6 is 0 Å². The molecule has 0 spiro atoms. The van der Waals surface area contributed by atoms with Gasteiger partial charge in [-0.2, -0.15) is 4.31 Å². The van der Waals surface area contributed by atoms with Crippen molar-refractivity contribution in [3.8, 4) is 0 Å². The zero-order valence-electron chi connectivity index (χ0n) is 18.6. The zero-order chi connectivity index (χ0) is 23.6. The minimum Gasteiger partial charge on any atom is -0.371 e. The van der Waals surface area contributed by atoms with Gasteiger partial charge in [0.05, 0.1) is 4.90 Å². The van der Waals surface area contributed by atoms with Gasteiger partial charge in [-0.25, -0.2) is 17.2 Å². The number of sulfonamides is 1. The number of hydrogen-bond acceptors (Lipinski definition) is 4. The highest BCUT2D eigenvalue weighted by molar-refractivity contribution is 7.89. The molecule has 2 aliphatic heterocycles. The lowest BCUT2D eigenvalue weighted by Crippen LogP contribution is -2.42. The van der Waals surface area contributed by atoms with E-state index in [1.807, 2.05) is 11.8 Å². The average molecular weight is 478 g/mol. The first-order valence-electron chi connectivity index (χ1n) is 11.4. The number of carbonyl (C=O) groups is 1. The molecule has 2 aromatic carbocycles. The first kappa shape index (κ1) is 23.6. The van der Waals surface area contributed by atoms with Gasteiger partial charge >= 0.3 is 0 Å². The van der Waals surface area contributed by atoms with Crippen LogP contribution in [0.15, 0.2) is 47.4 Å². The lowest BCUT2D eigenvalue weighted by Gasteiger charge is -2.32. The quantitative estimate of drug-likeness (QED) is 0.688. The first-order chi connectivity index (χ1) is 15.8. The number of nitrogens with one attached hydrogen (secondary N) is 1. The molecule has 0 bridgehead atoms. The average Bonchev–Trinajstić information content (AvgIpc) is 3.28. The van der Waals surface area contributed by atoms with E-state index in [0.717, 1.165) is 31.7 Å². The molecular weight excluding hydrogens is 448 g/mol. The van der Waals surface area contributed by atoms with Gasteiger partial charge in [-0.1, -0.05) is 12.5 Å². The third-order valence-electron chi connectivity index (χ3n) is 6.55. The molecule has 2 saturated heterocycles. The van der Waals surface area contributed by atoms with Crippen LogP contribution in [0.4, 0.5) is 14.5 Å². The second-order valence-electron chi connectivity index (χ2n) is 8.90. The summed E-state index contributed by atoms with van der Waals surface area (Å²) in [7, 11) is -3.65. The fraction of sp³-hybridized carbons (Fsp3) is 0.458. The summed E-state index contributed by atoms with van der Waals surface area (Å²) < 4.78 is 54.4. The number of anilines is 1. The molecule has 1 amide bonds. The molecule has 0 aromatic heterocycles. The number of piperidine rings is 1. The highest BCUT2D eigenvalue weighted by Crippen LogP contribution is 2.27. The summed E-state index contributed by atoms with van der Waals surface area (Å²) in [6, 6.07) is 9.97. The van der Waals surface area contributed by atoms with Gasteiger partial charge < -0.3 is 10.2 Å². The van der Waals surface area contributed by atoms with Crippen LogP contribution < -0.4 is 10.2 Å². The maximum absolute atomic E-state index is 13.5. The van der Waals surface area contributed by atoms with Gasteiger partial charge in [0.2, 0.25) is 10.0 Å². The van der Waals surface area contributed by atoms with E-state index in [1.165, 1.54) is 22.5 Å². The Balaban J connectivity index is 1.37. The summed E-state index contributed by atoms with van der Waals surface area (Å²) >= 11 is 0. The van der Waals surface area contributed by atoms with Crippen molar-refractivity contribution in [2.45, 2.75) is 43.5 Å². The van der Waals surface area contributed by atoms with E-state index >= 15 is 0 Å². The lowest BCUT2D eigenvalue weighted by atomic mass is 10.1. The van der Waals surface area contributed by atoms with E-state index in [4.69, 9.17) is 0 Å². The summed E-state index contributed by atoms with van der Waals surface area (Å²) in [5, 5.41) is 2.89. The van der Waals surface area contributed by atoms with Crippen molar-refractivity contribution in [3.05, 3.63) is 59.7 Å². The van der Waals surface area contributed by atoms with Crippen molar-refractivity contribution in [3.63, 3.8) is 0 Å². The first-order valence-corrected chi connectivity index (χ1v) is 12.8. The molecule has 1 N–H and O–H groups in total. The van der Waals surface area contributed by atoms with Gasteiger partial charge in [0, 0.05) is 49.5 Å². The normalized spacial score (nSPS) is 21.8. The fourth-order valence-electron chi connectivity index (χ4n) is 4.62. The molecule has 33 heavy (non-hydrogen) atoms. The Hall–Kier alpha value is -2.52. The molecule has 2 atom stereocenters. The number of amides is 1. The standard InChI is InChI=1S/C24H29F2N3O3S/c1-17-5-2-3-11-29(17)33(31,32)21-7-4-6-19(13-21)24(30)27-15-18-10-12-28(16-18)20-8-9-22(25)23(26)14-20/h4,6-9,13-14,17-18H,2-3,5,10-12,15-16H2,1H3,(H,27,30). The molecule has 9 heteroatoms. The Kier molecular flexibility index (Phi) is 6.99. The predicted molar refractivity (Wildman–Crippen MR) is 123 cm³/mol. The molecule has 178 valence electrons. The van der Waals surface area contributed by atoms with Crippen molar-refractivity contribution in [1.82, 2.24) is 9.62 Å². The third kappa shape index (κ3) is 5.19. The highest BCUT2D eigenvalue weighted by Gasteiger charge is 2.31. The van der Waals surface area contributed by atoms with Crippen molar-refractivity contribution in [2.24, 2.45) is 5.92 Å². The molecule has 4 rings (SSSR count). The van der Waals surface area contributed by atoms with Gasteiger partial charge in [0.1, 0.15) is 0 Å². The van der Waals surface area contributed by atoms with Crippen LogP contribution in [-0.2, 0) is 10.0 Å². The van der Waals surface area contributed by atoms with Crippen molar-refractivity contribution >= 4 is 21.6 Å². The van der Waals surface area contributed by atoms with Crippen LogP contribution in [0.25, 0.3) is 0 Å². The van der Waals surface area contributed by atoms with E-state index in [1.54, 1.807) is 18.2 Å². The van der Waals surface area contributed by atoms with Crippen LogP contribution in [0.1, 0.15) is 43.0 Å². The van der Waals surface area contributed by atoms with Crippen LogP contribution in [-0.4, -0.2) is 50.9 Å². The van der Waals surface area contributed by atoms with E-state index in [9.17, 15) is 22.0 Å². The highest BCUT2D eigenvalue weighted by atomic mass is 32.2. The maximum atomic E-state index is 13.5. The summed E-state index contributed by atoms with van der Waals surface area (Å²) in [6.45, 7) is 4.13. The number of nitrogens with zero attached hydrogens (tertiary/aromatic N) is 2. The molecule has 0 radical (unpaired) electrons. The molecule has 0 aliphatic carbocycles. The monoisotopic (exact) mass is 477 g/mol. The SMILES string of the molecule is CC1CCCCN1S(=O)(=O)c1cccc(C(=O)NCC2CCN(c3ccc(F)c(F)c3)C2)c1. The molecule has 0 saturated carbocycles. The Morgan fingerprint density at radius 2 is 1.88 bits per heavy atom. The molecule has 2 heterocycles. The Labute approximate surface area is 193 Å². The molecule has 6 nitrogen and oxygen atoms in total. The predicted octanol–water partition coefficient (Wildman–Crippen LogP) is 3.78. The van der Waals surface area contributed by atoms with Crippen molar-refractivity contribution in [1.29, 1.82) is 0 Å². The summed E-state index contributed by atoms with van der Waals surface area (Å²) in [5.41, 5.74) is 0.920. The Morgan fingerprint density at radius 1 is 1.06 bits per heavy atom. The molecule has 2 aromatic rings. The van der Waals surface area contributed by atoms with E-state index in [0.29, 0.717) is 37.4 Å². The largest absolute Gasteiger partial charge is 0.371 e. The number of benzene rings is 2. The minimum atomic E-state index is -3.65. The second-order valence-corrected chi connectivity index (χ2v) is 10.8. The van der Waals surface area contributed by atoms with Crippen LogP contribution in [0.5, 0.6) is 0 Å². The number of carbonyl (C=O) groups excluding carboxylic acids is 1. The summed E-state index contributed by atoms with van der Waals surface area (Å²) in [4.78, 5) is 14.8. The smallest absolute Gasteiger partial charge is 0.251 e. The third-order valence-corrected chi connectivity index (χ3v) is 8.56. The Morgan fingerprint density at radius 3 is 2.64 bits per heavy atom. The maximum Gasteiger partial charge on any atom is 0.251 e. The van der Waals surface area contributed by atoms with Gasteiger partial charge in [0.15, 0.2) is 11.6 Å². The van der Waals surface area contributed by atoms with Gasteiger partial charge in [-0.15, -0.1) is 0 Å². The molecular formula is C24H29F2N3O3S. The van der Waals surface area contributed by atoms with Gasteiger partial charge in [0.25, 0.3) is 5.91 Å².